The molecule has 3 heterocycles. The van der Waals surface area contributed by atoms with Gasteiger partial charge in [-0.3, -0.25) is 0 Å². The van der Waals surface area contributed by atoms with E-state index in [4.69, 9.17) is 9.84 Å². The first-order valence-electron chi connectivity index (χ1n) is 10.3. The maximum atomic E-state index is 14.4. The number of para-hydroxylation sites is 1. The number of benzene rings is 2. The lowest BCUT2D eigenvalue weighted by Gasteiger charge is -2.51. The van der Waals surface area contributed by atoms with E-state index in [0.717, 1.165) is 49.5 Å². The number of hydrazone groups is 1. The molecule has 0 aliphatic carbocycles. The summed E-state index contributed by atoms with van der Waals surface area (Å²) in [6.45, 7) is 5.35. The molecule has 1 fully saturated rings. The molecule has 2 aromatic rings. The van der Waals surface area contributed by atoms with E-state index in [1.165, 1.54) is 12.5 Å². The molecule has 3 aliphatic heterocycles. The maximum Gasteiger partial charge on any atom is 0.200 e. The largest absolute Gasteiger partial charge is 0.466 e. The zero-order valence-electron chi connectivity index (χ0n) is 16.3. The highest BCUT2D eigenvalue weighted by atomic mass is 19.1. The molecule has 5 heteroatoms. The van der Waals surface area contributed by atoms with E-state index in [1.807, 2.05) is 24.3 Å². The monoisotopic (exact) mass is 379 g/mol. The zero-order valence-corrected chi connectivity index (χ0v) is 16.3. The fraction of sp³-hybridized carbons (Fsp3) is 0.435. The smallest absolute Gasteiger partial charge is 0.200 e. The summed E-state index contributed by atoms with van der Waals surface area (Å²) in [5.74, 6) is 0.750. The molecule has 1 saturated heterocycles. The van der Waals surface area contributed by atoms with Crippen LogP contribution in [0.15, 0.2) is 53.6 Å². The summed E-state index contributed by atoms with van der Waals surface area (Å²) in [5.41, 5.74) is 2.14. The average molecular weight is 379 g/mol. The summed E-state index contributed by atoms with van der Waals surface area (Å²) in [5, 5.41) is 7.11. The van der Waals surface area contributed by atoms with Crippen molar-refractivity contribution in [1.82, 2.24) is 9.91 Å². The standard InChI is InChI=1S/C23H26FN3O/c1-2-13-26-14-11-23(12-15-26)27-21(18-8-4-6-10-22(18)28-23)16-20(25-27)17-7-3-5-9-19(17)24/h3-10,21H,2,11-16H2,1H3/t21-/m1/s1. The third-order valence-electron chi connectivity index (χ3n) is 6.27. The van der Waals surface area contributed by atoms with Gasteiger partial charge in [-0.25, -0.2) is 9.40 Å². The van der Waals surface area contributed by atoms with Crippen molar-refractivity contribution in [2.24, 2.45) is 5.10 Å². The van der Waals surface area contributed by atoms with Crippen LogP contribution in [0.25, 0.3) is 0 Å². The van der Waals surface area contributed by atoms with E-state index in [-0.39, 0.29) is 11.9 Å². The maximum absolute atomic E-state index is 14.4. The Bertz CT molecular complexity index is 904. The fourth-order valence-electron chi connectivity index (χ4n) is 4.86. The van der Waals surface area contributed by atoms with Gasteiger partial charge in [-0.1, -0.05) is 43.3 Å². The second-order valence-electron chi connectivity index (χ2n) is 8.02. The lowest BCUT2D eigenvalue weighted by molar-refractivity contribution is -0.149. The minimum Gasteiger partial charge on any atom is -0.466 e. The van der Waals surface area contributed by atoms with Crippen LogP contribution in [0.5, 0.6) is 5.75 Å². The molecule has 3 aliphatic rings. The van der Waals surface area contributed by atoms with Gasteiger partial charge in [0.2, 0.25) is 5.72 Å². The molecule has 146 valence electrons. The quantitative estimate of drug-likeness (QED) is 0.782. The van der Waals surface area contributed by atoms with E-state index >= 15 is 0 Å². The molecule has 4 nitrogen and oxygen atoms in total. The Labute approximate surface area is 165 Å². The van der Waals surface area contributed by atoms with Gasteiger partial charge in [0, 0.05) is 43.5 Å². The molecule has 0 amide bonds. The van der Waals surface area contributed by atoms with Crippen molar-refractivity contribution in [1.29, 1.82) is 0 Å². The molecule has 1 spiro atoms. The summed E-state index contributed by atoms with van der Waals surface area (Å²) in [4.78, 5) is 2.50. The Morgan fingerprint density at radius 1 is 1.11 bits per heavy atom. The van der Waals surface area contributed by atoms with Gasteiger partial charge in [0.1, 0.15) is 11.6 Å². The van der Waals surface area contributed by atoms with Crippen LogP contribution in [0.1, 0.15) is 49.8 Å². The van der Waals surface area contributed by atoms with Gasteiger partial charge in [-0.15, -0.1) is 0 Å². The first-order valence-corrected chi connectivity index (χ1v) is 10.3. The molecule has 0 aromatic heterocycles. The molecule has 28 heavy (non-hydrogen) atoms. The number of likely N-dealkylation sites (tertiary alicyclic amines) is 1. The van der Waals surface area contributed by atoms with E-state index in [2.05, 4.69) is 29.0 Å². The second kappa shape index (κ2) is 6.89. The number of fused-ring (bicyclic) bond motifs is 4. The number of ether oxygens (including phenoxy) is 1. The Kier molecular flexibility index (Phi) is 4.35. The molecule has 1 atom stereocenters. The third-order valence-corrected chi connectivity index (χ3v) is 6.27. The van der Waals surface area contributed by atoms with E-state index in [1.54, 1.807) is 6.07 Å². The predicted molar refractivity (Wildman–Crippen MR) is 108 cm³/mol. The fourth-order valence-corrected chi connectivity index (χ4v) is 4.86. The summed E-state index contributed by atoms with van der Waals surface area (Å²) in [6.07, 6.45) is 3.69. The van der Waals surface area contributed by atoms with Crippen molar-refractivity contribution in [2.45, 2.75) is 44.4 Å². The Hall–Kier alpha value is -2.40. The van der Waals surface area contributed by atoms with Crippen molar-refractivity contribution in [3.8, 4) is 5.75 Å². The molecule has 0 saturated carbocycles. The zero-order chi connectivity index (χ0) is 19.1. The molecule has 0 bridgehead atoms. The molecule has 0 radical (unpaired) electrons. The van der Waals surface area contributed by atoms with Crippen LogP contribution in [0, 0.1) is 5.82 Å². The van der Waals surface area contributed by atoms with E-state index in [0.29, 0.717) is 12.0 Å². The van der Waals surface area contributed by atoms with Crippen LogP contribution in [-0.2, 0) is 0 Å². The number of piperidine rings is 1. The molecule has 2 aromatic carbocycles. The summed E-state index contributed by atoms with van der Waals surface area (Å²) < 4.78 is 21.1. The number of hydrogen-bond donors (Lipinski definition) is 0. The summed E-state index contributed by atoms with van der Waals surface area (Å²) >= 11 is 0. The van der Waals surface area contributed by atoms with Gasteiger partial charge in [0.05, 0.1) is 11.8 Å². The van der Waals surface area contributed by atoms with Gasteiger partial charge in [0.25, 0.3) is 0 Å². The van der Waals surface area contributed by atoms with Crippen LogP contribution < -0.4 is 4.74 Å². The van der Waals surface area contributed by atoms with Crippen molar-refractivity contribution in [3.63, 3.8) is 0 Å². The van der Waals surface area contributed by atoms with Crippen LogP contribution in [0.4, 0.5) is 4.39 Å². The number of rotatable bonds is 3. The molecule has 5 rings (SSSR count). The minimum absolute atomic E-state index is 0.109. The summed E-state index contributed by atoms with van der Waals surface area (Å²) in [6, 6.07) is 15.3. The predicted octanol–water partition coefficient (Wildman–Crippen LogP) is 4.57. The Morgan fingerprint density at radius 2 is 1.86 bits per heavy atom. The molecular formula is C23H26FN3O. The van der Waals surface area contributed by atoms with Crippen molar-refractivity contribution in [2.75, 3.05) is 19.6 Å². The van der Waals surface area contributed by atoms with Gasteiger partial charge < -0.3 is 9.64 Å². The molecule has 0 N–H and O–H groups in total. The van der Waals surface area contributed by atoms with E-state index in [9.17, 15) is 4.39 Å². The van der Waals surface area contributed by atoms with Gasteiger partial charge in [-0.2, -0.15) is 5.10 Å². The number of nitrogens with zero attached hydrogens (tertiary/aromatic N) is 3. The minimum atomic E-state index is -0.434. The van der Waals surface area contributed by atoms with Crippen molar-refractivity contribution in [3.05, 3.63) is 65.5 Å². The Balaban J connectivity index is 1.53. The normalized spacial score (nSPS) is 23.1. The first kappa shape index (κ1) is 17.7. The number of hydrogen-bond acceptors (Lipinski definition) is 4. The topological polar surface area (TPSA) is 28.1 Å². The van der Waals surface area contributed by atoms with Crippen LogP contribution in [-0.4, -0.2) is 41.0 Å². The van der Waals surface area contributed by atoms with Gasteiger partial charge in [-0.05, 0) is 25.1 Å². The number of halogens is 1. The SMILES string of the molecule is CCCN1CCC2(CC1)Oc1ccccc1[C@H]1CC(c3ccccc3F)=NN12. The summed E-state index contributed by atoms with van der Waals surface area (Å²) in [7, 11) is 0. The lowest BCUT2D eigenvalue weighted by atomic mass is 9.90. The van der Waals surface area contributed by atoms with Gasteiger partial charge >= 0.3 is 0 Å². The first-order chi connectivity index (χ1) is 13.7. The second-order valence-corrected chi connectivity index (χ2v) is 8.02. The molecular weight excluding hydrogens is 353 g/mol. The third kappa shape index (κ3) is 2.80. The highest BCUT2D eigenvalue weighted by Gasteiger charge is 2.51. The van der Waals surface area contributed by atoms with Crippen LogP contribution in [0.3, 0.4) is 0 Å². The van der Waals surface area contributed by atoms with Crippen LogP contribution >= 0.6 is 0 Å². The average Bonchev–Trinajstić information content (AvgIpc) is 3.17. The van der Waals surface area contributed by atoms with Crippen molar-refractivity contribution >= 4 is 5.71 Å². The molecule has 0 unspecified atom stereocenters. The lowest BCUT2D eigenvalue weighted by Crippen LogP contribution is -2.59. The van der Waals surface area contributed by atoms with Crippen molar-refractivity contribution < 1.29 is 9.13 Å². The van der Waals surface area contributed by atoms with Crippen LogP contribution in [0.2, 0.25) is 0 Å². The highest BCUT2D eigenvalue weighted by Crippen LogP contribution is 2.49. The van der Waals surface area contributed by atoms with E-state index < -0.39 is 5.72 Å². The Morgan fingerprint density at radius 3 is 2.64 bits per heavy atom. The highest BCUT2D eigenvalue weighted by molar-refractivity contribution is 6.02. The van der Waals surface area contributed by atoms with Gasteiger partial charge in [0.15, 0.2) is 0 Å².